The highest BCUT2D eigenvalue weighted by Crippen LogP contribution is 2.27. The quantitative estimate of drug-likeness (QED) is 0.699. The number of halogens is 1. The minimum atomic E-state index is -0.171. The third-order valence-electron chi connectivity index (χ3n) is 5.07. The predicted octanol–water partition coefficient (Wildman–Crippen LogP) is 4.39. The smallest absolute Gasteiger partial charge is 0.123 e. The number of anilines is 1. The van der Waals surface area contributed by atoms with Gasteiger partial charge in [0.2, 0.25) is 0 Å². The van der Waals surface area contributed by atoms with Crippen molar-refractivity contribution in [1.82, 2.24) is 9.88 Å². The van der Waals surface area contributed by atoms with Crippen molar-refractivity contribution in [3.63, 3.8) is 0 Å². The highest BCUT2D eigenvalue weighted by Gasteiger charge is 2.17. The van der Waals surface area contributed by atoms with Gasteiger partial charge in [0.25, 0.3) is 0 Å². The van der Waals surface area contributed by atoms with E-state index in [0.29, 0.717) is 0 Å². The molecule has 134 valence electrons. The molecule has 1 aromatic heterocycles. The van der Waals surface area contributed by atoms with E-state index in [4.69, 9.17) is 0 Å². The second-order valence-electron chi connectivity index (χ2n) is 7.04. The standard InChI is InChI=1S/C22H24FN3/c1-17-15-22(20-5-2-3-6-21(20)24-17)26-12-4-11-25(13-14-26)16-18-7-9-19(23)10-8-18/h2-3,5-10,15H,4,11-14,16H2,1H3. The molecule has 0 atom stereocenters. The summed E-state index contributed by atoms with van der Waals surface area (Å²) in [4.78, 5) is 9.61. The van der Waals surface area contributed by atoms with E-state index in [2.05, 4.69) is 46.0 Å². The fourth-order valence-electron chi connectivity index (χ4n) is 3.77. The van der Waals surface area contributed by atoms with Gasteiger partial charge in [-0.3, -0.25) is 9.88 Å². The van der Waals surface area contributed by atoms with Crippen LogP contribution < -0.4 is 4.90 Å². The Balaban J connectivity index is 1.51. The number of rotatable bonds is 3. The van der Waals surface area contributed by atoms with Crippen molar-refractivity contribution in [3.8, 4) is 0 Å². The second kappa shape index (κ2) is 7.42. The van der Waals surface area contributed by atoms with Crippen LogP contribution in [0.1, 0.15) is 17.7 Å². The topological polar surface area (TPSA) is 19.4 Å². The van der Waals surface area contributed by atoms with Crippen molar-refractivity contribution < 1.29 is 4.39 Å². The zero-order valence-corrected chi connectivity index (χ0v) is 15.2. The van der Waals surface area contributed by atoms with E-state index in [-0.39, 0.29) is 5.82 Å². The number of para-hydroxylation sites is 1. The first kappa shape index (κ1) is 17.0. The lowest BCUT2D eigenvalue weighted by Crippen LogP contribution is -2.30. The van der Waals surface area contributed by atoms with Crippen molar-refractivity contribution in [2.24, 2.45) is 0 Å². The molecule has 4 rings (SSSR count). The van der Waals surface area contributed by atoms with Gasteiger partial charge in [-0.15, -0.1) is 0 Å². The van der Waals surface area contributed by atoms with Gasteiger partial charge in [0.05, 0.1) is 5.52 Å². The minimum Gasteiger partial charge on any atom is -0.370 e. The SMILES string of the molecule is Cc1cc(N2CCCN(Cc3ccc(F)cc3)CC2)c2ccccc2n1. The molecule has 26 heavy (non-hydrogen) atoms. The summed E-state index contributed by atoms with van der Waals surface area (Å²) in [6.07, 6.45) is 1.12. The van der Waals surface area contributed by atoms with Crippen LogP contribution in [0.25, 0.3) is 10.9 Å². The van der Waals surface area contributed by atoms with E-state index < -0.39 is 0 Å². The third kappa shape index (κ3) is 3.70. The van der Waals surface area contributed by atoms with Crippen LogP contribution in [0.3, 0.4) is 0 Å². The van der Waals surface area contributed by atoms with E-state index in [9.17, 15) is 4.39 Å². The second-order valence-corrected chi connectivity index (χ2v) is 7.04. The molecule has 3 aromatic rings. The summed E-state index contributed by atoms with van der Waals surface area (Å²) in [5, 5.41) is 1.23. The number of hydrogen-bond donors (Lipinski definition) is 0. The van der Waals surface area contributed by atoms with Crippen molar-refractivity contribution >= 4 is 16.6 Å². The molecule has 3 nitrogen and oxygen atoms in total. The fourth-order valence-corrected chi connectivity index (χ4v) is 3.77. The monoisotopic (exact) mass is 349 g/mol. The number of aryl methyl sites for hydroxylation is 1. The van der Waals surface area contributed by atoms with Gasteiger partial charge in [0, 0.05) is 49.5 Å². The molecule has 0 aliphatic carbocycles. The number of nitrogens with zero attached hydrogens (tertiary/aromatic N) is 3. The Kier molecular flexibility index (Phi) is 4.85. The molecule has 4 heteroatoms. The Morgan fingerprint density at radius 2 is 1.77 bits per heavy atom. The Morgan fingerprint density at radius 1 is 0.962 bits per heavy atom. The lowest BCUT2D eigenvalue weighted by molar-refractivity contribution is 0.285. The largest absolute Gasteiger partial charge is 0.370 e. The van der Waals surface area contributed by atoms with Crippen LogP contribution in [0, 0.1) is 12.7 Å². The normalized spacial score (nSPS) is 16.0. The highest BCUT2D eigenvalue weighted by molar-refractivity contribution is 5.92. The predicted molar refractivity (Wildman–Crippen MR) is 105 cm³/mol. The molecule has 0 amide bonds. The lowest BCUT2D eigenvalue weighted by atomic mass is 10.1. The third-order valence-corrected chi connectivity index (χ3v) is 5.07. The first-order valence-electron chi connectivity index (χ1n) is 9.27. The summed E-state index contributed by atoms with van der Waals surface area (Å²) >= 11 is 0. The average molecular weight is 349 g/mol. The van der Waals surface area contributed by atoms with Gasteiger partial charge >= 0.3 is 0 Å². The number of benzene rings is 2. The summed E-state index contributed by atoms with van der Waals surface area (Å²) < 4.78 is 13.1. The van der Waals surface area contributed by atoms with Crippen LogP contribution in [-0.4, -0.2) is 36.1 Å². The summed E-state index contributed by atoms with van der Waals surface area (Å²) in [6, 6.07) is 17.5. The summed E-state index contributed by atoms with van der Waals surface area (Å²) in [5.74, 6) is -0.171. The van der Waals surface area contributed by atoms with Gasteiger partial charge in [0.1, 0.15) is 5.82 Å². The van der Waals surface area contributed by atoms with Gasteiger partial charge in [0.15, 0.2) is 0 Å². The molecule has 0 spiro atoms. The molecular formula is C22H24FN3. The van der Waals surface area contributed by atoms with Crippen LogP contribution in [-0.2, 0) is 6.54 Å². The van der Waals surface area contributed by atoms with Gasteiger partial charge in [-0.05, 0) is 43.2 Å². The van der Waals surface area contributed by atoms with Gasteiger partial charge < -0.3 is 4.90 Å². The van der Waals surface area contributed by atoms with Crippen LogP contribution in [0.5, 0.6) is 0 Å². The fraction of sp³-hybridized carbons (Fsp3) is 0.318. The molecule has 2 heterocycles. The average Bonchev–Trinajstić information content (AvgIpc) is 2.88. The van der Waals surface area contributed by atoms with E-state index in [1.807, 2.05) is 18.2 Å². The van der Waals surface area contributed by atoms with Crippen LogP contribution in [0.4, 0.5) is 10.1 Å². The zero-order chi connectivity index (χ0) is 17.9. The minimum absolute atomic E-state index is 0.171. The molecule has 0 saturated carbocycles. The van der Waals surface area contributed by atoms with Crippen LogP contribution >= 0.6 is 0 Å². The maximum Gasteiger partial charge on any atom is 0.123 e. The molecule has 1 aliphatic rings. The van der Waals surface area contributed by atoms with Crippen molar-refractivity contribution in [2.45, 2.75) is 19.9 Å². The maximum atomic E-state index is 13.1. The Bertz CT molecular complexity index is 892. The first-order valence-corrected chi connectivity index (χ1v) is 9.27. The first-order chi connectivity index (χ1) is 12.7. The van der Waals surface area contributed by atoms with Gasteiger partial charge in [-0.1, -0.05) is 30.3 Å². The molecule has 1 saturated heterocycles. The van der Waals surface area contributed by atoms with Gasteiger partial charge in [-0.25, -0.2) is 4.39 Å². The zero-order valence-electron chi connectivity index (χ0n) is 15.2. The Morgan fingerprint density at radius 3 is 2.62 bits per heavy atom. The lowest BCUT2D eigenvalue weighted by Gasteiger charge is -2.25. The number of pyridine rings is 1. The molecule has 0 N–H and O–H groups in total. The van der Waals surface area contributed by atoms with Crippen LogP contribution in [0.2, 0.25) is 0 Å². The molecule has 0 radical (unpaired) electrons. The highest BCUT2D eigenvalue weighted by atomic mass is 19.1. The summed E-state index contributed by atoms with van der Waals surface area (Å²) in [7, 11) is 0. The molecule has 1 aliphatic heterocycles. The van der Waals surface area contributed by atoms with Crippen molar-refractivity contribution in [3.05, 3.63) is 71.7 Å². The summed E-state index contributed by atoms with van der Waals surface area (Å²) in [6.45, 7) is 7.06. The van der Waals surface area contributed by atoms with Crippen molar-refractivity contribution in [1.29, 1.82) is 0 Å². The molecule has 1 fully saturated rings. The molecular weight excluding hydrogens is 325 g/mol. The van der Waals surface area contributed by atoms with Crippen LogP contribution in [0.15, 0.2) is 54.6 Å². The number of fused-ring (bicyclic) bond motifs is 1. The van der Waals surface area contributed by atoms with E-state index in [1.165, 1.54) is 16.6 Å². The maximum absolute atomic E-state index is 13.1. The number of aromatic nitrogens is 1. The van der Waals surface area contributed by atoms with Crippen molar-refractivity contribution in [2.75, 3.05) is 31.1 Å². The van der Waals surface area contributed by atoms with E-state index in [1.54, 1.807) is 12.1 Å². The molecule has 2 aromatic carbocycles. The molecule has 0 unspecified atom stereocenters. The molecule has 0 bridgehead atoms. The number of hydrogen-bond acceptors (Lipinski definition) is 3. The Hall–Kier alpha value is -2.46. The Labute approximate surface area is 154 Å². The van der Waals surface area contributed by atoms with E-state index in [0.717, 1.165) is 50.4 Å². The summed E-state index contributed by atoms with van der Waals surface area (Å²) in [5.41, 5.74) is 4.59. The van der Waals surface area contributed by atoms with Gasteiger partial charge in [-0.2, -0.15) is 0 Å². The van der Waals surface area contributed by atoms with E-state index >= 15 is 0 Å².